The molecule has 6 nitrogen and oxygen atoms in total. The first-order chi connectivity index (χ1) is 9.24. The summed E-state index contributed by atoms with van der Waals surface area (Å²) in [5.74, 6) is -0.225. The molecule has 0 saturated heterocycles. The molecule has 2 aromatic heterocycles. The molecule has 0 radical (unpaired) electrons. The number of aromatic nitrogens is 4. The second kappa shape index (κ2) is 4.73. The number of hydrogen-bond donors (Lipinski definition) is 2. The molecule has 0 aliphatic rings. The Morgan fingerprint density at radius 3 is 3.11 bits per heavy atom. The summed E-state index contributed by atoms with van der Waals surface area (Å²) < 4.78 is 14.3. The predicted molar refractivity (Wildman–Crippen MR) is 67.1 cm³/mol. The van der Waals surface area contributed by atoms with Gasteiger partial charge in [-0.05, 0) is 18.2 Å². The summed E-state index contributed by atoms with van der Waals surface area (Å²) in [4.78, 5) is 12.4. The molecule has 2 heterocycles. The van der Waals surface area contributed by atoms with Crippen LogP contribution in [0, 0.1) is 5.82 Å². The monoisotopic (exact) mass is 277 g/mol. The fourth-order valence-corrected chi connectivity index (χ4v) is 2.63. The number of nitrogens with one attached hydrogen (secondary N) is 2. The molecule has 3 aromatic rings. The van der Waals surface area contributed by atoms with Crippen LogP contribution in [0.25, 0.3) is 10.1 Å². The van der Waals surface area contributed by atoms with Crippen LogP contribution < -0.4 is 5.32 Å². The summed E-state index contributed by atoms with van der Waals surface area (Å²) in [6, 6.07) is 6.31. The average molecular weight is 277 g/mol. The van der Waals surface area contributed by atoms with Crippen molar-refractivity contribution in [3.05, 3.63) is 40.8 Å². The number of tetrazole rings is 1. The highest BCUT2D eigenvalue weighted by Gasteiger charge is 2.12. The smallest absolute Gasteiger partial charge is 0.261 e. The second-order valence-corrected chi connectivity index (χ2v) is 4.86. The van der Waals surface area contributed by atoms with Crippen LogP contribution in [-0.2, 0) is 6.54 Å². The number of carbonyl (C=O) groups excluding carboxylic acids is 1. The van der Waals surface area contributed by atoms with Gasteiger partial charge in [-0.2, -0.15) is 5.21 Å². The van der Waals surface area contributed by atoms with Crippen molar-refractivity contribution in [2.24, 2.45) is 0 Å². The zero-order valence-corrected chi connectivity index (χ0v) is 10.4. The maximum atomic E-state index is 13.5. The van der Waals surface area contributed by atoms with E-state index in [1.807, 2.05) is 0 Å². The van der Waals surface area contributed by atoms with E-state index in [9.17, 15) is 9.18 Å². The van der Waals surface area contributed by atoms with Crippen molar-refractivity contribution < 1.29 is 9.18 Å². The van der Waals surface area contributed by atoms with Gasteiger partial charge in [-0.25, -0.2) is 4.39 Å². The number of hydrogen-bond acceptors (Lipinski definition) is 5. The molecule has 0 aliphatic carbocycles. The molecule has 0 spiro atoms. The highest BCUT2D eigenvalue weighted by Crippen LogP contribution is 2.27. The second-order valence-electron chi connectivity index (χ2n) is 3.77. The minimum Gasteiger partial charge on any atom is -0.344 e. The van der Waals surface area contributed by atoms with Crippen molar-refractivity contribution in [3.63, 3.8) is 0 Å². The first-order valence-corrected chi connectivity index (χ1v) is 6.24. The number of carbonyl (C=O) groups is 1. The lowest BCUT2D eigenvalue weighted by Crippen LogP contribution is -2.22. The van der Waals surface area contributed by atoms with E-state index < -0.39 is 0 Å². The third-order valence-electron chi connectivity index (χ3n) is 2.53. The van der Waals surface area contributed by atoms with Crippen molar-refractivity contribution >= 4 is 27.3 Å². The van der Waals surface area contributed by atoms with Crippen LogP contribution in [0.3, 0.4) is 0 Å². The third kappa shape index (κ3) is 2.29. The van der Waals surface area contributed by atoms with E-state index in [1.54, 1.807) is 18.2 Å². The van der Waals surface area contributed by atoms with Gasteiger partial charge in [0.1, 0.15) is 5.82 Å². The molecule has 0 unspecified atom stereocenters. The Hall–Kier alpha value is -2.35. The minimum absolute atomic E-state index is 0.173. The van der Waals surface area contributed by atoms with Gasteiger partial charge in [0.2, 0.25) is 0 Å². The summed E-state index contributed by atoms with van der Waals surface area (Å²) in [7, 11) is 0. The Labute approximate surface area is 110 Å². The van der Waals surface area contributed by atoms with E-state index in [-0.39, 0.29) is 18.3 Å². The maximum Gasteiger partial charge on any atom is 0.261 e. The van der Waals surface area contributed by atoms with Gasteiger partial charge >= 0.3 is 0 Å². The Kier molecular flexibility index (Phi) is 2.92. The number of halogens is 1. The van der Waals surface area contributed by atoms with Crippen LogP contribution in [-0.4, -0.2) is 26.5 Å². The molecule has 0 saturated carbocycles. The first kappa shape index (κ1) is 11.7. The van der Waals surface area contributed by atoms with Crippen LogP contribution >= 0.6 is 11.3 Å². The van der Waals surface area contributed by atoms with Gasteiger partial charge in [-0.3, -0.25) is 4.79 Å². The highest BCUT2D eigenvalue weighted by atomic mass is 32.1. The topological polar surface area (TPSA) is 83.6 Å². The Morgan fingerprint density at radius 2 is 2.37 bits per heavy atom. The largest absolute Gasteiger partial charge is 0.344 e. The van der Waals surface area contributed by atoms with Crippen molar-refractivity contribution in [2.75, 3.05) is 0 Å². The highest BCUT2D eigenvalue weighted by molar-refractivity contribution is 7.20. The van der Waals surface area contributed by atoms with Crippen LogP contribution in [0.5, 0.6) is 0 Å². The fraction of sp³-hybridized carbons (Fsp3) is 0.0909. The molecule has 0 fully saturated rings. The molecule has 2 N–H and O–H groups in total. The van der Waals surface area contributed by atoms with Crippen LogP contribution in [0.1, 0.15) is 15.5 Å². The minimum atomic E-state index is -0.328. The summed E-state index contributed by atoms with van der Waals surface area (Å²) >= 11 is 1.24. The van der Waals surface area contributed by atoms with E-state index in [0.717, 1.165) is 4.70 Å². The number of fused-ring (bicyclic) bond motifs is 1. The third-order valence-corrected chi connectivity index (χ3v) is 3.63. The van der Waals surface area contributed by atoms with E-state index in [0.29, 0.717) is 16.1 Å². The van der Waals surface area contributed by atoms with Crippen LogP contribution in [0.15, 0.2) is 24.3 Å². The predicted octanol–water partition coefficient (Wildman–Crippen LogP) is 1.48. The van der Waals surface area contributed by atoms with Gasteiger partial charge in [-0.15, -0.1) is 21.5 Å². The molecule has 96 valence electrons. The summed E-state index contributed by atoms with van der Waals surface area (Å²) in [6.07, 6.45) is 0. The summed E-state index contributed by atoms with van der Waals surface area (Å²) in [6.45, 7) is 0.173. The standard InChI is InChI=1S/C11H8FN5OS/c12-7-2-1-3-8-6(7)4-9(19-8)11(18)13-5-10-14-16-17-15-10/h1-4H,5H2,(H,13,18)(H,14,15,16,17). The quantitative estimate of drug-likeness (QED) is 0.759. The number of H-pyrrole nitrogens is 1. The lowest BCUT2D eigenvalue weighted by atomic mass is 10.2. The molecular weight excluding hydrogens is 269 g/mol. The number of nitrogens with zero attached hydrogens (tertiary/aromatic N) is 3. The molecule has 0 aliphatic heterocycles. The van der Waals surface area contributed by atoms with Gasteiger partial charge in [0.05, 0.1) is 11.4 Å². The normalized spacial score (nSPS) is 10.8. The number of aromatic amines is 1. The van der Waals surface area contributed by atoms with Crippen molar-refractivity contribution in [1.29, 1.82) is 0 Å². The Balaban J connectivity index is 1.80. The molecule has 1 aromatic carbocycles. The summed E-state index contributed by atoms with van der Waals surface area (Å²) in [5.41, 5.74) is 0. The number of amides is 1. The van der Waals surface area contributed by atoms with E-state index in [1.165, 1.54) is 17.4 Å². The zero-order valence-electron chi connectivity index (χ0n) is 9.55. The fourth-order valence-electron chi connectivity index (χ4n) is 1.64. The average Bonchev–Trinajstić information content (AvgIpc) is 3.05. The lowest BCUT2D eigenvalue weighted by molar-refractivity contribution is 0.0954. The number of thiophene rings is 1. The van der Waals surface area contributed by atoms with Gasteiger partial charge in [-0.1, -0.05) is 11.3 Å². The van der Waals surface area contributed by atoms with Crippen molar-refractivity contribution in [2.45, 2.75) is 6.54 Å². The number of rotatable bonds is 3. The first-order valence-electron chi connectivity index (χ1n) is 5.42. The summed E-state index contributed by atoms with van der Waals surface area (Å²) in [5, 5.41) is 16.2. The van der Waals surface area contributed by atoms with Crippen molar-refractivity contribution in [3.8, 4) is 0 Å². The van der Waals surface area contributed by atoms with Crippen LogP contribution in [0.4, 0.5) is 4.39 Å². The van der Waals surface area contributed by atoms with Crippen LogP contribution in [0.2, 0.25) is 0 Å². The molecule has 8 heteroatoms. The number of benzene rings is 1. The Bertz CT molecular complexity index is 724. The van der Waals surface area contributed by atoms with Gasteiger partial charge in [0.25, 0.3) is 5.91 Å². The van der Waals surface area contributed by atoms with Gasteiger partial charge in [0.15, 0.2) is 5.82 Å². The van der Waals surface area contributed by atoms with Gasteiger partial charge < -0.3 is 5.32 Å². The van der Waals surface area contributed by atoms with Gasteiger partial charge in [0, 0.05) is 10.1 Å². The molecule has 0 atom stereocenters. The zero-order chi connectivity index (χ0) is 13.2. The molecular formula is C11H8FN5OS. The molecule has 3 rings (SSSR count). The molecule has 19 heavy (non-hydrogen) atoms. The Morgan fingerprint density at radius 1 is 1.47 bits per heavy atom. The van der Waals surface area contributed by atoms with E-state index in [4.69, 9.17) is 0 Å². The maximum absolute atomic E-state index is 13.5. The van der Waals surface area contributed by atoms with Crippen molar-refractivity contribution in [1.82, 2.24) is 25.9 Å². The lowest BCUT2D eigenvalue weighted by Gasteiger charge is -1.98. The molecule has 0 bridgehead atoms. The molecule has 1 amide bonds. The SMILES string of the molecule is O=C(NCc1nn[nH]n1)c1cc2c(F)cccc2s1. The van der Waals surface area contributed by atoms with E-state index >= 15 is 0 Å². The van der Waals surface area contributed by atoms with E-state index in [2.05, 4.69) is 25.9 Å².